The topological polar surface area (TPSA) is 42.0 Å². The van der Waals surface area contributed by atoms with Gasteiger partial charge in [-0.3, -0.25) is 4.79 Å². The zero-order chi connectivity index (χ0) is 10.7. The number of halogens is 1. The average molecular weight is 196 g/mol. The van der Waals surface area contributed by atoms with E-state index < -0.39 is 5.95 Å². The Morgan fingerprint density at radius 1 is 1.50 bits per heavy atom. The first-order valence-corrected chi connectivity index (χ1v) is 4.44. The van der Waals surface area contributed by atoms with E-state index in [9.17, 15) is 9.18 Å². The van der Waals surface area contributed by atoms with E-state index >= 15 is 0 Å². The summed E-state index contributed by atoms with van der Waals surface area (Å²) in [4.78, 5) is 14.7. The number of amides is 1. The first-order valence-electron chi connectivity index (χ1n) is 4.44. The smallest absolute Gasteiger partial charge is 0.269 e. The standard InChI is InChI=1S/C10H13FN2O/c1-6(2)7-4-8(10(14)12-3)13-9(11)5-7/h4-6H,1-3H3,(H,12,14). The molecular formula is C10H13FN2O. The minimum atomic E-state index is -0.616. The monoisotopic (exact) mass is 196 g/mol. The first-order chi connectivity index (χ1) is 6.54. The highest BCUT2D eigenvalue weighted by Crippen LogP contribution is 2.15. The fraction of sp³-hybridized carbons (Fsp3) is 0.400. The van der Waals surface area contributed by atoms with Gasteiger partial charge in [0.1, 0.15) is 5.69 Å². The van der Waals surface area contributed by atoms with E-state index in [4.69, 9.17) is 0 Å². The van der Waals surface area contributed by atoms with Crippen molar-refractivity contribution in [3.63, 3.8) is 0 Å². The number of nitrogens with zero attached hydrogens (tertiary/aromatic N) is 1. The lowest BCUT2D eigenvalue weighted by molar-refractivity contribution is 0.0957. The van der Waals surface area contributed by atoms with Crippen LogP contribution in [0.1, 0.15) is 35.8 Å². The Balaban J connectivity index is 3.13. The number of hydrogen-bond acceptors (Lipinski definition) is 2. The Hall–Kier alpha value is -1.45. The van der Waals surface area contributed by atoms with Crippen molar-refractivity contribution in [2.24, 2.45) is 0 Å². The van der Waals surface area contributed by atoms with Gasteiger partial charge in [0.05, 0.1) is 0 Å². The van der Waals surface area contributed by atoms with Gasteiger partial charge in [0.2, 0.25) is 5.95 Å². The zero-order valence-electron chi connectivity index (χ0n) is 8.47. The van der Waals surface area contributed by atoms with Crippen LogP contribution < -0.4 is 5.32 Å². The molecule has 1 heterocycles. The molecule has 14 heavy (non-hydrogen) atoms. The van der Waals surface area contributed by atoms with Crippen LogP contribution in [-0.4, -0.2) is 17.9 Å². The number of carbonyl (C=O) groups excluding carboxylic acids is 1. The molecule has 0 radical (unpaired) electrons. The summed E-state index contributed by atoms with van der Waals surface area (Å²) in [5.41, 5.74) is 0.896. The Kier molecular flexibility index (Phi) is 3.17. The van der Waals surface area contributed by atoms with E-state index in [1.54, 1.807) is 6.07 Å². The molecular weight excluding hydrogens is 183 g/mol. The lowest BCUT2D eigenvalue weighted by Gasteiger charge is -2.06. The van der Waals surface area contributed by atoms with Crippen LogP contribution in [-0.2, 0) is 0 Å². The molecule has 0 saturated heterocycles. The predicted octanol–water partition coefficient (Wildman–Crippen LogP) is 1.70. The second kappa shape index (κ2) is 4.17. The molecule has 1 rings (SSSR count). The van der Waals surface area contributed by atoms with E-state index in [-0.39, 0.29) is 17.5 Å². The third kappa shape index (κ3) is 2.28. The summed E-state index contributed by atoms with van der Waals surface area (Å²) >= 11 is 0. The Morgan fingerprint density at radius 3 is 2.64 bits per heavy atom. The highest BCUT2D eigenvalue weighted by atomic mass is 19.1. The van der Waals surface area contributed by atoms with Crippen molar-refractivity contribution in [2.75, 3.05) is 7.05 Å². The largest absolute Gasteiger partial charge is 0.354 e. The fourth-order valence-electron chi connectivity index (χ4n) is 1.09. The van der Waals surface area contributed by atoms with Crippen LogP contribution in [0.15, 0.2) is 12.1 Å². The van der Waals surface area contributed by atoms with Gasteiger partial charge in [0.25, 0.3) is 5.91 Å². The van der Waals surface area contributed by atoms with Crippen LogP contribution in [0.25, 0.3) is 0 Å². The van der Waals surface area contributed by atoms with Gasteiger partial charge < -0.3 is 5.32 Å². The molecule has 0 aliphatic carbocycles. The summed E-state index contributed by atoms with van der Waals surface area (Å²) in [6.45, 7) is 3.87. The maximum Gasteiger partial charge on any atom is 0.269 e. The molecule has 0 aliphatic heterocycles. The molecule has 1 aromatic heterocycles. The van der Waals surface area contributed by atoms with Gasteiger partial charge in [-0.15, -0.1) is 0 Å². The highest BCUT2D eigenvalue weighted by Gasteiger charge is 2.10. The maximum atomic E-state index is 13.0. The van der Waals surface area contributed by atoms with Crippen LogP contribution in [0.2, 0.25) is 0 Å². The average Bonchev–Trinajstić information content (AvgIpc) is 2.15. The third-order valence-corrected chi connectivity index (χ3v) is 1.94. The molecule has 0 bridgehead atoms. The van der Waals surface area contributed by atoms with E-state index in [1.807, 2.05) is 13.8 Å². The van der Waals surface area contributed by atoms with E-state index in [1.165, 1.54) is 13.1 Å². The number of pyridine rings is 1. The summed E-state index contributed by atoms with van der Waals surface area (Å²) in [7, 11) is 1.49. The molecule has 76 valence electrons. The lowest BCUT2D eigenvalue weighted by Crippen LogP contribution is -2.20. The normalized spacial score (nSPS) is 10.4. The summed E-state index contributed by atoms with van der Waals surface area (Å²) in [5.74, 6) is -0.808. The van der Waals surface area contributed by atoms with Gasteiger partial charge >= 0.3 is 0 Å². The van der Waals surface area contributed by atoms with Gasteiger partial charge in [-0.25, -0.2) is 4.98 Å². The fourth-order valence-corrected chi connectivity index (χ4v) is 1.09. The van der Waals surface area contributed by atoms with Gasteiger partial charge in [-0.05, 0) is 23.6 Å². The zero-order valence-corrected chi connectivity index (χ0v) is 8.47. The quantitative estimate of drug-likeness (QED) is 0.731. The van der Waals surface area contributed by atoms with Gasteiger partial charge in [-0.2, -0.15) is 4.39 Å². The predicted molar refractivity (Wildman–Crippen MR) is 51.7 cm³/mol. The van der Waals surface area contributed by atoms with Crippen LogP contribution >= 0.6 is 0 Å². The summed E-state index contributed by atoms with van der Waals surface area (Å²) in [5, 5.41) is 2.41. The van der Waals surface area contributed by atoms with Crippen molar-refractivity contribution in [2.45, 2.75) is 19.8 Å². The number of hydrogen-bond donors (Lipinski definition) is 1. The summed E-state index contributed by atoms with van der Waals surface area (Å²) in [6, 6.07) is 2.95. The molecule has 1 aromatic rings. The second-order valence-electron chi connectivity index (χ2n) is 3.34. The van der Waals surface area contributed by atoms with E-state index in [0.717, 1.165) is 5.56 Å². The molecule has 0 saturated carbocycles. The highest BCUT2D eigenvalue weighted by molar-refractivity contribution is 5.92. The number of aromatic nitrogens is 1. The number of rotatable bonds is 2. The Morgan fingerprint density at radius 2 is 2.14 bits per heavy atom. The van der Waals surface area contributed by atoms with Crippen molar-refractivity contribution in [1.82, 2.24) is 10.3 Å². The van der Waals surface area contributed by atoms with Crippen LogP contribution in [0.3, 0.4) is 0 Å². The molecule has 0 atom stereocenters. The molecule has 0 fully saturated rings. The molecule has 4 heteroatoms. The van der Waals surface area contributed by atoms with Crippen molar-refractivity contribution in [3.8, 4) is 0 Å². The summed E-state index contributed by atoms with van der Waals surface area (Å²) in [6.07, 6.45) is 0. The molecule has 0 spiro atoms. The Bertz CT molecular complexity index is 350. The first kappa shape index (κ1) is 10.6. The number of carbonyl (C=O) groups is 1. The van der Waals surface area contributed by atoms with Crippen LogP contribution in [0.5, 0.6) is 0 Å². The second-order valence-corrected chi connectivity index (χ2v) is 3.34. The molecule has 3 nitrogen and oxygen atoms in total. The summed E-state index contributed by atoms with van der Waals surface area (Å²) < 4.78 is 13.0. The number of nitrogens with one attached hydrogen (secondary N) is 1. The minimum Gasteiger partial charge on any atom is -0.354 e. The minimum absolute atomic E-state index is 0.121. The Labute approximate surface area is 82.4 Å². The van der Waals surface area contributed by atoms with Crippen molar-refractivity contribution in [3.05, 3.63) is 29.3 Å². The van der Waals surface area contributed by atoms with Crippen LogP contribution in [0, 0.1) is 5.95 Å². The molecule has 0 aromatic carbocycles. The lowest BCUT2D eigenvalue weighted by atomic mass is 10.0. The van der Waals surface area contributed by atoms with Gasteiger partial charge in [0.15, 0.2) is 0 Å². The molecule has 1 N–H and O–H groups in total. The van der Waals surface area contributed by atoms with E-state index in [2.05, 4.69) is 10.3 Å². The van der Waals surface area contributed by atoms with Gasteiger partial charge in [-0.1, -0.05) is 13.8 Å². The van der Waals surface area contributed by atoms with Gasteiger partial charge in [0, 0.05) is 7.05 Å². The van der Waals surface area contributed by atoms with E-state index in [0.29, 0.717) is 0 Å². The molecule has 1 amide bonds. The van der Waals surface area contributed by atoms with Crippen molar-refractivity contribution < 1.29 is 9.18 Å². The third-order valence-electron chi connectivity index (χ3n) is 1.94. The van der Waals surface area contributed by atoms with Crippen LogP contribution in [0.4, 0.5) is 4.39 Å². The molecule has 0 unspecified atom stereocenters. The maximum absolute atomic E-state index is 13.0. The van der Waals surface area contributed by atoms with Crippen molar-refractivity contribution in [1.29, 1.82) is 0 Å². The molecule has 0 aliphatic rings. The van der Waals surface area contributed by atoms with Crippen molar-refractivity contribution >= 4 is 5.91 Å². The SMILES string of the molecule is CNC(=O)c1cc(C(C)C)cc(F)n1.